The van der Waals surface area contributed by atoms with Gasteiger partial charge in [-0.15, -0.1) is 0 Å². The molecular formula is C12H17NO2S. The Kier molecular flexibility index (Phi) is 5.19. The van der Waals surface area contributed by atoms with Gasteiger partial charge in [-0.2, -0.15) is 0 Å². The van der Waals surface area contributed by atoms with E-state index in [0.717, 1.165) is 6.42 Å². The summed E-state index contributed by atoms with van der Waals surface area (Å²) in [5.74, 6) is -0.0744. The summed E-state index contributed by atoms with van der Waals surface area (Å²) in [6, 6.07) is 9.09. The third-order valence-corrected chi connectivity index (χ3v) is 3.81. The average molecular weight is 239 g/mol. The molecule has 1 N–H and O–H groups in total. The average Bonchev–Trinajstić information content (AvgIpc) is 2.29. The molecule has 88 valence electrons. The first-order chi connectivity index (χ1) is 7.61. The molecule has 0 saturated heterocycles. The Hall–Kier alpha value is -1.16. The minimum absolute atomic E-state index is 0.0744. The predicted molar refractivity (Wildman–Crippen MR) is 66.9 cm³/mol. The zero-order valence-corrected chi connectivity index (χ0v) is 10.4. The van der Waals surface area contributed by atoms with Crippen LogP contribution in [0.1, 0.15) is 23.7 Å². The minimum atomic E-state index is -0.821. The Bertz CT molecular complexity index is 365. The summed E-state index contributed by atoms with van der Waals surface area (Å²) in [4.78, 5) is 11.6. The number of benzene rings is 1. The van der Waals surface area contributed by atoms with Crippen LogP contribution in [0.5, 0.6) is 0 Å². The zero-order valence-electron chi connectivity index (χ0n) is 9.60. The Balaban J connectivity index is 2.34. The fraction of sp³-hybridized carbons (Fsp3) is 0.417. The molecule has 3 nitrogen and oxygen atoms in total. The predicted octanol–water partition coefficient (Wildman–Crippen LogP) is 1.57. The molecule has 0 spiro atoms. The second kappa shape index (κ2) is 6.43. The first-order valence-electron chi connectivity index (χ1n) is 5.26. The van der Waals surface area contributed by atoms with Crippen LogP contribution in [0.15, 0.2) is 30.3 Å². The highest BCUT2D eigenvalue weighted by molar-refractivity contribution is 7.84. The number of carbonyl (C=O) groups excluding carboxylic acids is 1. The van der Waals surface area contributed by atoms with E-state index in [1.165, 1.54) is 0 Å². The van der Waals surface area contributed by atoms with E-state index in [9.17, 15) is 9.00 Å². The molecule has 16 heavy (non-hydrogen) atoms. The van der Waals surface area contributed by atoms with Crippen LogP contribution in [0.3, 0.4) is 0 Å². The number of carbonyl (C=O) groups is 1. The lowest BCUT2D eigenvalue weighted by molar-refractivity contribution is 0.0953. The lowest BCUT2D eigenvalue weighted by Crippen LogP contribution is -2.27. The van der Waals surface area contributed by atoms with Gasteiger partial charge in [0.1, 0.15) is 0 Å². The second-order valence-electron chi connectivity index (χ2n) is 3.72. The summed E-state index contributed by atoms with van der Waals surface area (Å²) in [5, 5.41) is 2.93. The standard InChI is InChI=1S/C12H17NO2S/c1-10(16(2)15)8-9-13-12(14)11-6-4-3-5-7-11/h3-7,10H,8-9H2,1-2H3,(H,13,14). The van der Waals surface area contributed by atoms with Crippen molar-refractivity contribution in [1.82, 2.24) is 5.32 Å². The van der Waals surface area contributed by atoms with Crippen LogP contribution in [0, 0.1) is 0 Å². The first-order valence-corrected chi connectivity index (χ1v) is 6.89. The van der Waals surface area contributed by atoms with Gasteiger partial charge >= 0.3 is 0 Å². The summed E-state index contributed by atoms with van der Waals surface area (Å²) >= 11 is 0. The monoisotopic (exact) mass is 239 g/mol. The van der Waals surface area contributed by atoms with Crippen molar-refractivity contribution in [3.63, 3.8) is 0 Å². The second-order valence-corrected chi connectivity index (χ2v) is 5.52. The number of amides is 1. The van der Waals surface area contributed by atoms with Crippen molar-refractivity contribution in [3.8, 4) is 0 Å². The molecule has 1 amide bonds. The van der Waals surface area contributed by atoms with Crippen LogP contribution < -0.4 is 5.32 Å². The Morgan fingerprint density at radius 2 is 2.00 bits per heavy atom. The SMILES string of the molecule is CC(CCNC(=O)c1ccccc1)S(C)=O. The fourth-order valence-electron chi connectivity index (χ4n) is 1.25. The van der Waals surface area contributed by atoms with E-state index >= 15 is 0 Å². The van der Waals surface area contributed by atoms with Crippen LogP contribution in [0.2, 0.25) is 0 Å². The number of nitrogens with one attached hydrogen (secondary N) is 1. The van der Waals surface area contributed by atoms with Gasteiger partial charge in [0, 0.05) is 34.4 Å². The van der Waals surface area contributed by atoms with E-state index in [1.54, 1.807) is 18.4 Å². The molecule has 0 aliphatic carbocycles. The van der Waals surface area contributed by atoms with E-state index in [4.69, 9.17) is 0 Å². The van der Waals surface area contributed by atoms with Crippen LogP contribution in [-0.4, -0.2) is 28.2 Å². The van der Waals surface area contributed by atoms with Crippen LogP contribution >= 0.6 is 0 Å². The maximum absolute atomic E-state index is 11.6. The van der Waals surface area contributed by atoms with E-state index in [1.807, 2.05) is 25.1 Å². The zero-order chi connectivity index (χ0) is 12.0. The van der Waals surface area contributed by atoms with Gasteiger partial charge in [-0.1, -0.05) is 25.1 Å². The molecule has 1 aromatic carbocycles. The molecular weight excluding hydrogens is 222 g/mol. The highest BCUT2D eigenvalue weighted by Gasteiger charge is 2.07. The summed E-state index contributed by atoms with van der Waals surface area (Å²) in [6.07, 6.45) is 2.42. The van der Waals surface area contributed by atoms with Gasteiger partial charge < -0.3 is 5.32 Å². The van der Waals surface area contributed by atoms with Crippen molar-refractivity contribution in [2.75, 3.05) is 12.8 Å². The molecule has 0 aliphatic heterocycles. The molecule has 4 heteroatoms. The normalized spacial score (nSPS) is 14.1. The van der Waals surface area contributed by atoms with E-state index in [0.29, 0.717) is 12.1 Å². The van der Waals surface area contributed by atoms with Crippen LogP contribution in [-0.2, 0) is 10.8 Å². The molecule has 0 aliphatic rings. The van der Waals surface area contributed by atoms with Crippen molar-refractivity contribution in [2.45, 2.75) is 18.6 Å². The molecule has 0 aromatic heterocycles. The molecule has 0 radical (unpaired) electrons. The van der Waals surface area contributed by atoms with E-state index in [2.05, 4.69) is 5.32 Å². The highest BCUT2D eigenvalue weighted by Crippen LogP contribution is 2.00. The summed E-state index contributed by atoms with van der Waals surface area (Å²) in [6.45, 7) is 2.49. The Morgan fingerprint density at radius 3 is 2.56 bits per heavy atom. The number of hydrogen-bond acceptors (Lipinski definition) is 2. The summed E-state index contributed by atoms with van der Waals surface area (Å²) in [7, 11) is -0.821. The number of hydrogen-bond donors (Lipinski definition) is 1. The smallest absolute Gasteiger partial charge is 0.251 e. The first kappa shape index (κ1) is 12.9. The lowest BCUT2D eigenvalue weighted by Gasteiger charge is -2.09. The molecule has 2 atom stereocenters. The van der Waals surface area contributed by atoms with Crippen LogP contribution in [0.25, 0.3) is 0 Å². The Labute approximate surface area is 98.7 Å². The van der Waals surface area contributed by atoms with Gasteiger partial charge in [0.05, 0.1) is 0 Å². The maximum Gasteiger partial charge on any atom is 0.251 e. The van der Waals surface area contributed by atoms with Crippen molar-refractivity contribution in [2.24, 2.45) is 0 Å². The lowest BCUT2D eigenvalue weighted by atomic mass is 10.2. The van der Waals surface area contributed by atoms with Crippen molar-refractivity contribution in [3.05, 3.63) is 35.9 Å². The Morgan fingerprint density at radius 1 is 1.38 bits per heavy atom. The van der Waals surface area contributed by atoms with E-state index in [-0.39, 0.29) is 11.2 Å². The quantitative estimate of drug-likeness (QED) is 0.848. The number of rotatable bonds is 5. The molecule has 0 fully saturated rings. The molecule has 0 heterocycles. The molecule has 1 rings (SSSR count). The van der Waals surface area contributed by atoms with Gasteiger partial charge in [0.2, 0.25) is 0 Å². The van der Waals surface area contributed by atoms with Gasteiger partial charge in [-0.3, -0.25) is 9.00 Å². The molecule has 0 bridgehead atoms. The third-order valence-electron chi connectivity index (χ3n) is 2.44. The molecule has 2 unspecified atom stereocenters. The van der Waals surface area contributed by atoms with Gasteiger partial charge in [-0.05, 0) is 18.6 Å². The van der Waals surface area contributed by atoms with Crippen molar-refractivity contribution < 1.29 is 9.00 Å². The van der Waals surface area contributed by atoms with Crippen LogP contribution in [0.4, 0.5) is 0 Å². The fourth-order valence-corrected chi connectivity index (χ4v) is 1.70. The van der Waals surface area contributed by atoms with Gasteiger partial charge in [0.15, 0.2) is 0 Å². The summed E-state index contributed by atoms with van der Waals surface area (Å²) in [5.41, 5.74) is 0.660. The minimum Gasteiger partial charge on any atom is -0.352 e. The molecule has 0 saturated carbocycles. The van der Waals surface area contributed by atoms with Gasteiger partial charge in [-0.25, -0.2) is 0 Å². The van der Waals surface area contributed by atoms with Crippen molar-refractivity contribution in [1.29, 1.82) is 0 Å². The van der Waals surface area contributed by atoms with Gasteiger partial charge in [0.25, 0.3) is 5.91 Å². The third kappa shape index (κ3) is 4.14. The van der Waals surface area contributed by atoms with E-state index < -0.39 is 10.8 Å². The topological polar surface area (TPSA) is 46.2 Å². The largest absolute Gasteiger partial charge is 0.352 e. The van der Waals surface area contributed by atoms with Crippen molar-refractivity contribution >= 4 is 16.7 Å². The summed E-state index contributed by atoms with van der Waals surface area (Å²) < 4.78 is 11.1. The maximum atomic E-state index is 11.6. The highest BCUT2D eigenvalue weighted by atomic mass is 32.2. The molecule has 1 aromatic rings.